The average molecular weight is 340 g/mol. The number of amides is 2. The molecule has 6 heteroatoms. The van der Waals surface area contributed by atoms with Crippen LogP contribution in [0.3, 0.4) is 0 Å². The quantitative estimate of drug-likeness (QED) is 0.755. The molecule has 1 aromatic heterocycles. The molecule has 0 spiro atoms. The Hall–Kier alpha value is -2.60. The molecule has 1 aliphatic heterocycles. The number of hydrogen-bond donors (Lipinski definition) is 3. The summed E-state index contributed by atoms with van der Waals surface area (Å²) in [7, 11) is 0. The van der Waals surface area contributed by atoms with Gasteiger partial charge in [0.25, 0.3) is 0 Å². The Balaban J connectivity index is 1.50. The SMILES string of the molecule is O=C(NCCC(O)c1ccccc1)Nc1cccnc1N1CCCC1. The number of aliphatic hydroxyl groups excluding tert-OH is 1. The van der Waals surface area contributed by atoms with Gasteiger partial charge in [-0.3, -0.25) is 0 Å². The predicted molar refractivity (Wildman–Crippen MR) is 98.7 cm³/mol. The number of pyridine rings is 1. The van der Waals surface area contributed by atoms with Crippen molar-refractivity contribution in [2.75, 3.05) is 29.9 Å². The molecule has 0 saturated carbocycles. The lowest BCUT2D eigenvalue weighted by molar-refractivity contribution is 0.167. The highest BCUT2D eigenvalue weighted by atomic mass is 16.3. The van der Waals surface area contributed by atoms with Crippen molar-refractivity contribution >= 4 is 17.5 Å². The van der Waals surface area contributed by atoms with E-state index in [1.807, 2.05) is 42.5 Å². The van der Waals surface area contributed by atoms with Crippen LogP contribution in [0.2, 0.25) is 0 Å². The van der Waals surface area contributed by atoms with Gasteiger partial charge in [-0.2, -0.15) is 0 Å². The molecule has 2 amide bonds. The Morgan fingerprint density at radius 3 is 2.68 bits per heavy atom. The van der Waals surface area contributed by atoms with Crippen molar-refractivity contribution in [2.24, 2.45) is 0 Å². The van der Waals surface area contributed by atoms with Crippen molar-refractivity contribution < 1.29 is 9.90 Å². The van der Waals surface area contributed by atoms with Crippen LogP contribution in [0.25, 0.3) is 0 Å². The molecule has 1 atom stereocenters. The standard InChI is InChI=1S/C19H24N4O2/c24-17(15-7-2-1-3-8-15)10-12-21-19(25)22-16-9-6-11-20-18(16)23-13-4-5-14-23/h1-3,6-9,11,17,24H,4-5,10,12-14H2,(H2,21,22,25). The van der Waals surface area contributed by atoms with Crippen LogP contribution < -0.4 is 15.5 Å². The zero-order chi connectivity index (χ0) is 17.5. The molecule has 1 aromatic carbocycles. The lowest BCUT2D eigenvalue weighted by Gasteiger charge is -2.20. The second-order valence-electron chi connectivity index (χ2n) is 6.16. The van der Waals surface area contributed by atoms with E-state index in [-0.39, 0.29) is 6.03 Å². The molecule has 0 aliphatic carbocycles. The summed E-state index contributed by atoms with van der Waals surface area (Å²) in [5.74, 6) is 0.819. The number of benzene rings is 1. The van der Waals surface area contributed by atoms with Gasteiger partial charge in [0.1, 0.15) is 0 Å². The fourth-order valence-electron chi connectivity index (χ4n) is 3.01. The number of rotatable bonds is 6. The Labute approximate surface area is 147 Å². The smallest absolute Gasteiger partial charge is 0.319 e. The maximum absolute atomic E-state index is 12.1. The molecular weight excluding hydrogens is 316 g/mol. The van der Waals surface area contributed by atoms with Crippen molar-refractivity contribution in [1.82, 2.24) is 10.3 Å². The summed E-state index contributed by atoms with van der Waals surface area (Å²) in [5.41, 5.74) is 1.57. The fraction of sp³-hybridized carbons (Fsp3) is 0.368. The average Bonchev–Trinajstić information content (AvgIpc) is 3.17. The van der Waals surface area contributed by atoms with Crippen LogP contribution in [-0.4, -0.2) is 35.8 Å². The van der Waals surface area contributed by atoms with Gasteiger partial charge >= 0.3 is 6.03 Å². The lowest BCUT2D eigenvalue weighted by atomic mass is 10.1. The highest BCUT2D eigenvalue weighted by Crippen LogP contribution is 2.25. The number of aliphatic hydroxyl groups is 1. The summed E-state index contributed by atoms with van der Waals surface area (Å²) < 4.78 is 0. The number of carbonyl (C=O) groups excluding carboxylic acids is 1. The molecule has 3 N–H and O–H groups in total. The van der Waals surface area contributed by atoms with Gasteiger partial charge in [0.05, 0.1) is 11.8 Å². The number of anilines is 2. The first-order valence-corrected chi connectivity index (χ1v) is 8.72. The molecule has 1 aliphatic rings. The molecule has 6 nitrogen and oxygen atoms in total. The van der Waals surface area contributed by atoms with Gasteiger partial charge in [-0.05, 0) is 37.0 Å². The lowest BCUT2D eigenvalue weighted by Crippen LogP contribution is -2.31. The van der Waals surface area contributed by atoms with Crippen LogP contribution in [0, 0.1) is 0 Å². The second kappa shape index (κ2) is 8.48. The molecule has 2 heterocycles. The maximum atomic E-state index is 12.1. The van der Waals surface area contributed by atoms with Crippen LogP contribution in [0.5, 0.6) is 0 Å². The molecular formula is C19H24N4O2. The summed E-state index contributed by atoms with van der Waals surface area (Å²) in [4.78, 5) is 18.7. The Morgan fingerprint density at radius 2 is 1.92 bits per heavy atom. The Bertz CT molecular complexity index is 687. The highest BCUT2D eigenvalue weighted by molar-refractivity contribution is 5.92. The van der Waals surface area contributed by atoms with Gasteiger partial charge in [0.2, 0.25) is 0 Å². The van der Waals surface area contributed by atoms with Crippen LogP contribution in [0.4, 0.5) is 16.3 Å². The minimum atomic E-state index is -0.583. The summed E-state index contributed by atoms with van der Waals surface area (Å²) in [5, 5.41) is 15.8. The van der Waals surface area contributed by atoms with E-state index >= 15 is 0 Å². The van der Waals surface area contributed by atoms with Gasteiger partial charge < -0.3 is 20.6 Å². The van der Waals surface area contributed by atoms with E-state index in [0.717, 1.165) is 37.3 Å². The number of nitrogens with one attached hydrogen (secondary N) is 2. The number of carbonyl (C=O) groups is 1. The molecule has 3 rings (SSSR count). The first-order chi connectivity index (χ1) is 12.2. The molecule has 132 valence electrons. The highest BCUT2D eigenvalue weighted by Gasteiger charge is 2.18. The van der Waals surface area contributed by atoms with Gasteiger partial charge in [-0.1, -0.05) is 30.3 Å². The van der Waals surface area contributed by atoms with Crippen LogP contribution in [0.15, 0.2) is 48.7 Å². The molecule has 1 saturated heterocycles. The van der Waals surface area contributed by atoms with E-state index in [9.17, 15) is 9.90 Å². The minimum absolute atomic E-state index is 0.284. The molecule has 2 aromatic rings. The van der Waals surface area contributed by atoms with Crippen LogP contribution in [0.1, 0.15) is 30.9 Å². The fourth-order valence-corrected chi connectivity index (χ4v) is 3.01. The molecule has 0 radical (unpaired) electrons. The van der Waals surface area contributed by atoms with Crippen LogP contribution >= 0.6 is 0 Å². The summed E-state index contributed by atoms with van der Waals surface area (Å²) in [6.07, 6.45) is 3.93. The topological polar surface area (TPSA) is 77.5 Å². The molecule has 0 bridgehead atoms. The number of hydrogen-bond acceptors (Lipinski definition) is 4. The monoisotopic (exact) mass is 340 g/mol. The second-order valence-corrected chi connectivity index (χ2v) is 6.16. The van der Waals surface area contributed by atoms with E-state index in [4.69, 9.17) is 0 Å². The van der Waals surface area contributed by atoms with Crippen LogP contribution in [-0.2, 0) is 0 Å². The number of urea groups is 1. The largest absolute Gasteiger partial charge is 0.388 e. The number of nitrogens with zero attached hydrogens (tertiary/aromatic N) is 2. The van der Waals surface area contributed by atoms with Gasteiger partial charge in [0, 0.05) is 25.8 Å². The minimum Gasteiger partial charge on any atom is -0.388 e. The van der Waals surface area contributed by atoms with Crippen molar-refractivity contribution in [1.29, 1.82) is 0 Å². The molecule has 1 fully saturated rings. The Kier molecular flexibility index (Phi) is 5.85. The number of aromatic nitrogens is 1. The van der Waals surface area contributed by atoms with E-state index < -0.39 is 6.10 Å². The third kappa shape index (κ3) is 4.70. The molecule has 25 heavy (non-hydrogen) atoms. The zero-order valence-corrected chi connectivity index (χ0v) is 14.2. The zero-order valence-electron chi connectivity index (χ0n) is 14.2. The summed E-state index contributed by atoms with van der Waals surface area (Å²) in [6, 6.07) is 12.8. The normalized spacial score (nSPS) is 15.0. The van der Waals surface area contributed by atoms with E-state index in [2.05, 4.69) is 20.5 Å². The van der Waals surface area contributed by atoms with Crippen molar-refractivity contribution in [3.05, 3.63) is 54.2 Å². The summed E-state index contributed by atoms with van der Waals surface area (Å²) in [6.45, 7) is 2.33. The first kappa shape index (κ1) is 17.2. The molecule has 1 unspecified atom stereocenters. The van der Waals surface area contributed by atoms with Gasteiger partial charge in [-0.15, -0.1) is 0 Å². The van der Waals surface area contributed by atoms with E-state index in [1.165, 1.54) is 0 Å². The van der Waals surface area contributed by atoms with Gasteiger partial charge in [0.15, 0.2) is 5.82 Å². The van der Waals surface area contributed by atoms with Crippen molar-refractivity contribution in [3.8, 4) is 0 Å². The van der Waals surface area contributed by atoms with Crippen molar-refractivity contribution in [3.63, 3.8) is 0 Å². The first-order valence-electron chi connectivity index (χ1n) is 8.72. The van der Waals surface area contributed by atoms with E-state index in [0.29, 0.717) is 18.7 Å². The summed E-state index contributed by atoms with van der Waals surface area (Å²) >= 11 is 0. The Morgan fingerprint density at radius 1 is 1.16 bits per heavy atom. The third-order valence-corrected chi connectivity index (χ3v) is 4.33. The maximum Gasteiger partial charge on any atom is 0.319 e. The predicted octanol–water partition coefficient (Wildman–Crippen LogP) is 2.93. The third-order valence-electron chi connectivity index (χ3n) is 4.33. The van der Waals surface area contributed by atoms with Gasteiger partial charge in [-0.25, -0.2) is 9.78 Å². The van der Waals surface area contributed by atoms with E-state index in [1.54, 1.807) is 6.20 Å². The van der Waals surface area contributed by atoms with Crippen molar-refractivity contribution in [2.45, 2.75) is 25.4 Å².